The van der Waals surface area contributed by atoms with Crippen LogP contribution in [0.2, 0.25) is 0 Å². The van der Waals surface area contributed by atoms with Gasteiger partial charge in [-0.1, -0.05) is 42.0 Å². The highest BCUT2D eigenvalue weighted by molar-refractivity contribution is 8.01. The second-order valence-corrected chi connectivity index (χ2v) is 10.7. The van der Waals surface area contributed by atoms with Gasteiger partial charge in [0, 0.05) is 10.3 Å². The summed E-state index contributed by atoms with van der Waals surface area (Å²) in [5.74, 6) is 0.0511. The molecule has 2 N–H and O–H groups in total. The molecule has 1 aliphatic carbocycles. The number of carbonyl (C=O) groups is 2. The van der Waals surface area contributed by atoms with Crippen molar-refractivity contribution in [2.24, 2.45) is 0 Å². The van der Waals surface area contributed by atoms with Crippen LogP contribution in [-0.4, -0.2) is 32.7 Å². The summed E-state index contributed by atoms with van der Waals surface area (Å²) in [6, 6.07) is 4.03. The van der Waals surface area contributed by atoms with Crippen molar-refractivity contribution in [1.29, 1.82) is 0 Å². The van der Waals surface area contributed by atoms with E-state index >= 15 is 0 Å². The molecule has 0 unspecified atom stereocenters. The van der Waals surface area contributed by atoms with Crippen molar-refractivity contribution in [3.05, 3.63) is 33.5 Å². The zero-order valence-electron chi connectivity index (χ0n) is 15.6. The second kappa shape index (κ2) is 8.90. The molecule has 3 aromatic heterocycles. The topological polar surface area (TPSA) is 96.9 Å². The average molecular weight is 466 g/mol. The average Bonchev–Trinajstić information content (AvgIpc) is 3.48. The van der Waals surface area contributed by atoms with E-state index in [2.05, 4.69) is 25.8 Å². The van der Waals surface area contributed by atoms with Crippen molar-refractivity contribution >= 4 is 67.8 Å². The van der Waals surface area contributed by atoms with E-state index in [9.17, 15) is 9.59 Å². The number of nitrogens with zero attached hydrogens (tertiary/aromatic N) is 3. The lowest BCUT2D eigenvalue weighted by molar-refractivity contribution is -0.121. The molecule has 0 spiro atoms. The first-order valence-electron chi connectivity index (χ1n) is 9.09. The quantitative estimate of drug-likeness (QED) is 0.393. The summed E-state index contributed by atoms with van der Waals surface area (Å²) in [4.78, 5) is 30.4. The number of amides is 2. The summed E-state index contributed by atoms with van der Waals surface area (Å²) in [5.41, 5.74) is 0.420. The highest BCUT2D eigenvalue weighted by Crippen LogP contribution is 2.44. The predicted octanol–water partition coefficient (Wildman–Crippen LogP) is 4.55. The molecule has 0 aliphatic heterocycles. The van der Waals surface area contributed by atoms with Crippen LogP contribution >= 0.6 is 45.8 Å². The number of nitrogens with one attached hydrogen (secondary N) is 2. The van der Waals surface area contributed by atoms with Crippen LogP contribution in [0.15, 0.2) is 27.2 Å². The molecular formula is C18H19N5O2S4. The molecule has 0 bridgehead atoms. The molecule has 1 fully saturated rings. The van der Waals surface area contributed by atoms with E-state index in [-0.39, 0.29) is 17.6 Å². The van der Waals surface area contributed by atoms with Crippen molar-refractivity contribution in [3.8, 4) is 0 Å². The van der Waals surface area contributed by atoms with E-state index in [0.717, 1.165) is 36.3 Å². The number of hydrogen-bond donors (Lipinski definition) is 2. The Bertz CT molecular complexity index is 992. The first kappa shape index (κ1) is 20.5. The highest BCUT2D eigenvalue weighted by Gasteiger charge is 2.43. The summed E-state index contributed by atoms with van der Waals surface area (Å²) in [5, 5.41) is 18.9. The summed E-state index contributed by atoms with van der Waals surface area (Å²) in [6.45, 7) is 1.88. The van der Waals surface area contributed by atoms with Crippen molar-refractivity contribution in [3.63, 3.8) is 0 Å². The van der Waals surface area contributed by atoms with Gasteiger partial charge in [0.2, 0.25) is 16.9 Å². The Hall–Kier alpha value is -1.82. The highest BCUT2D eigenvalue weighted by atomic mass is 32.2. The van der Waals surface area contributed by atoms with Crippen molar-refractivity contribution in [2.45, 2.75) is 42.4 Å². The fourth-order valence-electron chi connectivity index (χ4n) is 3.34. The van der Waals surface area contributed by atoms with Gasteiger partial charge < -0.3 is 5.32 Å². The maximum Gasteiger partial charge on any atom is 0.237 e. The van der Waals surface area contributed by atoms with E-state index in [1.54, 1.807) is 11.3 Å². The van der Waals surface area contributed by atoms with Gasteiger partial charge in [-0.15, -0.1) is 32.9 Å². The number of thioether (sulfide) groups is 1. The lowest BCUT2D eigenvalue weighted by Crippen LogP contribution is -2.37. The van der Waals surface area contributed by atoms with E-state index in [0.29, 0.717) is 14.6 Å². The maximum atomic E-state index is 13.1. The molecule has 0 radical (unpaired) electrons. The van der Waals surface area contributed by atoms with Crippen LogP contribution in [0.4, 0.5) is 10.3 Å². The van der Waals surface area contributed by atoms with Crippen LogP contribution in [0.5, 0.6) is 0 Å². The summed E-state index contributed by atoms with van der Waals surface area (Å²) >= 11 is 5.61. The number of rotatable bonds is 7. The Balaban J connectivity index is 1.34. The van der Waals surface area contributed by atoms with Crippen molar-refractivity contribution < 1.29 is 9.59 Å². The second-order valence-electron chi connectivity index (χ2n) is 6.72. The minimum atomic E-state index is -0.459. The number of carbonyl (C=O) groups excluding carboxylic acids is 2. The SMILES string of the molecule is Cc1csc(NC(=O)CSc2nnc(NC(=O)C3(c4cccs4)CCCC3)s2)n1. The first-order chi connectivity index (χ1) is 14.0. The van der Waals surface area contributed by atoms with Crippen LogP contribution < -0.4 is 10.6 Å². The Kier molecular flexibility index (Phi) is 6.28. The number of thiazole rings is 1. The zero-order chi connectivity index (χ0) is 20.3. The van der Waals surface area contributed by atoms with Crippen LogP contribution in [0.3, 0.4) is 0 Å². The normalized spacial score (nSPS) is 15.3. The number of aryl methyl sites for hydroxylation is 1. The Labute approximate surface area is 184 Å². The van der Waals surface area contributed by atoms with E-state index < -0.39 is 5.41 Å². The molecule has 1 aliphatic rings. The van der Waals surface area contributed by atoms with Gasteiger partial charge in [-0.05, 0) is 31.2 Å². The zero-order valence-corrected chi connectivity index (χ0v) is 18.9. The fourth-order valence-corrected chi connectivity index (χ4v) is 6.58. The van der Waals surface area contributed by atoms with Gasteiger partial charge in [0.1, 0.15) is 0 Å². The Morgan fingerprint density at radius 2 is 2.00 bits per heavy atom. The summed E-state index contributed by atoms with van der Waals surface area (Å²) < 4.78 is 0.641. The van der Waals surface area contributed by atoms with Crippen LogP contribution in [0.1, 0.15) is 36.3 Å². The molecule has 0 aromatic carbocycles. The third-order valence-electron chi connectivity index (χ3n) is 4.70. The van der Waals surface area contributed by atoms with E-state index in [4.69, 9.17) is 0 Å². The van der Waals surface area contributed by atoms with Crippen LogP contribution in [0, 0.1) is 6.92 Å². The third-order valence-corrected chi connectivity index (χ3v) is 8.63. The summed E-state index contributed by atoms with van der Waals surface area (Å²) in [7, 11) is 0. The molecular weight excluding hydrogens is 446 g/mol. The van der Waals surface area contributed by atoms with Crippen LogP contribution in [-0.2, 0) is 15.0 Å². The minimum absolute atomic E-state index is 0.0120. The van der Waals surface area contributed by atoms with Gasteiger partial charge in [-0.3, -0.25) is 14.9 Å². The number of thiophene rings is 1. The molecule has 0 atom stereocenters. The Morgan fingerprint density at radius 1 is 1.17 bits per heavy atom. The largest absolute Gasteiger partial charge is 0.301 e. The van der Waals surface area contributed by atoms with E-state index in [1.807, 2.05) is 29.8 Å². The van der Waals surface area contributed by atoms with Gasteiger partial charge in [0.05, 0.1) is 16.9 Å². The number of hydrogen-bond acceptors (Lipinski definition) is 9. The smallest absolute Gasteiger partial charge is 0.237 e. The van der Waals surface area contributed by atoms with Gasteiger partial charge in [0.15, 0.2) is 9.47 Å². The monoisotopic (exact) mass is 465 g/mol. The maximum absolute atomic E-state index is 13.1. The first-order valence-corrected chi connectivity index (χ1v) is 12.6. The molecule has 4 rings (SSSR count). The van der Waals surface area contributed by atoms with Gasteiger partial charge in [-0.25, -0.2) is 4.98 Å². The fraction of sp³-hybridized carbons (Fsp3) is 0.389. The number of aromatic nitrogens is 3. The van der Waals surface area contributed by atoms with E-state index in [1.165, 1.54) is 34.4 Å². The molecule has 3 aromatic rings. The van der Waals surface area contributed by atoms with Gasteiger partial charge in [0.25, 0.3) is 0 Å². The molecule has 1 saturated carbocycles. The van der Waals surface area contributed by atoms with Crippen LogP contribution in [0.25, 0.3) is 0 Å². The molecule has 7 nitrogen and oxygen atoms in total. The molecule has 3 heterocycles. The Morgan fingerprint density at radius 3 is 2.69 bits per heavy atom. The molecule has 0 saturated heterocycles. The summed E-state index contributed by atoms with van der Waals surface area (Å²) in [6.07, 6.45) is 3.82. The van der Waals surface area contributed by atoms with Crippen molar-refractivity contribution in [1.82, 2.24) is 15.2 Å². The molecule has 152 valence electrons. The minimum Gasteiger partial charge on any atom is -0.301 e. The third kappa shape index (κ3) is 4.68. The predicted molar refractivity (Wildman–Crippen MR) is 119 cm³/mol. The number of anilines is 2. The van der Waals surface area contributed by atoms with Gasteiger partial charge in [-0.2, -0.15) is 0 Å². The lowest BCUT2D eigenvalue weighted by atomic mass is 9.83. The van der Waals surface area contributed by atoms with Crippen molar-refractivity contribution in [2.75, 3.05) is 16.4 Å². The molecule has 11 heteroatoms. The van der Waals surface area contributed by atoms with Gasteiger partial charge >= 0.3 is 0 Å². The standard InChI is InChI=1S/C18H19N5O2S4/c1-11-9-27-15(19-11)20-13(24)10-28-17-23-22-16(29-17)21-14(25)18(6-2-3-7-18)12-5-4-8-26-12/h4-5,8-9H,2-3,6-7,10H2,1H3,(H,19,20,24)(H,21,22,25). The molecule has 29 heavy (non-hydrogen) atoms. The molecule has 2 amide bonds. The lowest BCUT2D eigenvalue weighted by Gasteiger charge is -2.25.